The zero-order chi connectivity index (χ0) is 14.7. The maximum Gasteiger partial charge on any atom is 0.188 e. The lowest BCUT2D eigenvalue weighted by atomic mass is 10.0. The highest BCUT2D eigenvalue weighted by Gasteiger charge is 2.27. The molecule has 1 fully saturated rings. The van der Waals surface area contributed by atoms with E-state index in [1.807, 2.05) is 0 Å². The van der Waals surface area contributed by atoms with Crippen molar-refractivity contribution in [1.29, 1.82) is 0 Å². The SMILES string of the molecule is CC1CN(Cc2nnn(C)n2)C(Cc2ccccc2)CN1. The van der Waals surface area contributed by atoms with Gasteiger partial charge >= 0.3 is 0 Å². The molecule has 1 aliphatic heterocycles. The molecule has 1 aromatic carbocycles. The molecular formula is C15H22N6. The smallest absolute Gasteiger partial charge is 0.188 e. The molecule has 2 aromatic rings. The summed E-state index contributed by atoms with van der Waals surface area (Å²) in [5.41, 5.74) is 1.37. The van der Waals surface area contributed by atoms with Crippen molar-refractivity contribution >= 4 is 0 Å². The van der Waals surface area contributed by atoms with Crippen molar-refractivity contribution in [2.24, 2.45) is 7.05 Å². The summed E-state index contributed by atoms with van der Waals surface area (Å²) in [4.78, 5) is 3.98. The molecule has 0 amide bonds. The van der Waals surface area contributed by atoms with E-state index in [9.17, 15) is 0 Å². The highest BCUT2D eigenvalue weighted by molar-refractivity contribution is 5.16. The average Bonchev–Trinajstić information content (AvgIpc) is 2.88. The Morgan fingerprint density at radius 2 is 2.10 bits per heavy atom. The standard InChI is InChI=1S/C15H22N6/c1-12-10-21(11-15-17-19-20(2)18-15)14(9-16-12)8-13-6-4-3-5-7-13/h3-7,12,14,16H,8-11H2,1-2H3. The van der Waals surface area contributed by atoms with E-state index < -0.39 is 0 Å². The summed E-state index contributed by atoms with van der Waals surface area (Å²) in [5, 5.41) is 15.9. The second-order valence-electron chi connectivity index (χ2n) is 5.78. The first-order chi connectivity index (χ1) is 10.2. The monoisotopic (exact) mass is 286 g/mol. The van der Waals surface area contributed by atoms with Crippen LogP contribution in [0.3, 0.4) is 0 Å². The summed E-state index contributed by atoms with van der Waals surface area (Å²) in [6.45, 7) is 4.99. The number of piperazine rings is 1. The van der Waals surface area contributed by atoms with E-state index in [2.05, 4.69) is 62.9 Å². The number of aromatic nitrogens is 4. The van der Waals surface area contributed by atoms with Gasteiger partial charge in [0.25, 0.3) is 0 Å². The molecule has 2 unspecified atom stereocenters. The van der Waals surface area contributed by atoms with E-state index >= 15 is 0 Å². The van der Waals surface area contributed by atoms with Crippen LogP contribution in [0.15, 0.2) is 30.3 Å². The Morgan fingerprint density at radius 1 is 1.29 bits per heavy atom. The second-order valence-corrected chi connectivity index (χ2v) is 5.78. The molecule has 1 saturated heterocycles. The van der Waals surface area contributed by atoms with Crippen LogP contribution in [0.1, 0.15) is 18.3 Å². The third kappa shape index (κ3) is 3.65. The topological polar surface area (TPSA) is 58.9 Å². The van der Waals surface area contributed by atoms with Gasteiger partial charge in [-0.1, -0.05) is 30.3 Å². The average molecular weight is 286 g/mol. The van der Waals surface area contributed by atoms with Gasteiger partial charge in [-0.3, -0.25) is 4.90 Å². The first-order valence-electron chi connectivity index (χ1n) is 7.45. The predicted octanol–water partition coefficient (Wildman–Crippen LogP) is 0.615. The first kappa shape index (κ1) is 14.2. The van der Waals surface area contributed by atoms with Crippen molar-refractivity contribution in [2.45, 2.75) is 32.0 Å². The highest BCUT2D eigenvalue weighted by atomic mass is 15.6. The van der Waals surface area contributed by atoms with E-state index in [0.29, 0.717) is 12.1 Å². The van der Waals surface area contributed by atoms with Crippen LogP contribution in [0.5, 0.6) is 0 Å². The molecule has 0 spiro atoms. The molecule has 21 heavy (non-hydrogen) atoms. The minimum Gasteiger partial charge on any atom is -0.311 e. The van der Waals surface area contributed by atoms with Crippen molar-refractivity contribution in [3.8, 4) is 0 Å². The molecule has 3 rings (SSSR count). The van der Waals surface area contributed by atoms with Crippen molar-refractivity contribution in [3.63, 3.8) is 0 Å². The molecule has 1 N–H and O–H groups in total. The fourth-order valence-corrected chi connectivity index (χ4v) is 2.88. The van der Waals surface area contributed by atoms with E-state index in [4.69, 9.17) is 0 Å². The van der Waals surface area contributed by atoms with Crippen molar-refractivity contribution in [2.75, 3.05) is 13.1 Å². The summed E-state index contributed by atoms with van der Waals surface area (Å²) >= 11 is 0. The Labute approximate surface area is 125 Å². The number of hydrogen-bond donors (Lipinski definition) is 1. The number of aryl methyl sites for hydroxylation is 1. The number of nitrogens with one attached hydrogen (secondary N) is 1. The van der Waals surface area contributed by atoms with Crippen molar-refractivity contribution in [1.82, 2.24) is 30.4 Å². The predicted molar refractivity (Wildman–Crippen MR) is 80.6 cm³/mol. The van der Waals surface area contributed by atoms with Crippen LogP contribution in [0.25, 0.3) is 0 Å². The highest BCUT2D eigenvalue weighted by Crippen LogP contribution is 2.15. The lowest BCUT2D eigenvalue weighted by Crippen LogP contribution is -2.55. The molecule has 2 atom stereocenters. The number of nitrogens with zero attached hydrogens (tertiary/aromatic N) is 5. The van der Waals surface area contributed by atoms with Crippen LogP contribution in [0, 0.1) is 0 Å². The Hall–Kier alpha value is -1.79. The molecule has 6 heteroatoms. The van der Waals surface area contributed by atoms with Gasteiger partial charge in [-0.15, -0.1) is 10.2 Å². The number of hydrogen-bond acceptors (Lipinski definition) is 5. The van der Waals surface area contributed by atoms with Crippen LogP contribution in [-0.4, -0.2) is 50.3 Å². The van der Waals surface area contributed by atoms with E-state index in [0.717, 1.165) is 31.9 Å². The largest absolute Gasteiger partial charge is 0.311 e. The Balaban J connectivity index is 1.70. The number of benzene rings is 1. The van der Waals surface area contributed by atoms with Gasteiger partial charge in [0.2, 0.25) is 0 Å². The van der Waals surface area contributed by atoms with Gasteiger partial charge in [0.1, 0.15) is 0 Å². The van der Waals surface area contributed by atoms with Gasteiger partial charge in [0.15, 0.2) is 5.82 Å². The molecule has 1 aromatic heterocycles. The summed E-state index contributed by atoms with van der Waals surface area (Å²) in [7, 11) is 1.80. The third-order valence-corrected chi connectivity index (χ3v) is 3.94. The van der Waals surface area contributed by atoms with E-state index in [1.165, 1.54) is 10.4 Å². The Kier molecular flexibility index (Phi) is 4.26. The fourth-order valence-electron chi connectivity index (χ4n) is 2.88. The van der Waals surface area contributed by atoms with Crippen molar-refractivity contribution < 1.29 is 0 Å². The molecule has 0 bridgehead atoms. The van der Waals surface area contributed by atoms with E-state index in [-0.39, 0.29) is 0 Å². The second kappa shape index (κ2) is 6.32. The molecule has 1 aliphatic rings. The van der Waals surface area contributed by atoms with Gasteiger partial charge in [-0.05, 0) is 24.1 Å². The van der Waals surface area contributed by atoms with Crippen LogP contribution in [-0.2, 0) is 20.0 Å². The molecular weight excluding hydrogens is 264 g/mol. The summed E-state index contributed by atoms with van der Waals surface area (Å²) in [5.74, 6) is 0.796. The number of tetrazole rings is 1. The summed E-state index contributed by atoms with van der Waals surface area (Å²) in [6.07, 6.45) is 1.04. The normalized spacial score (nSPS) is 23.3. The fraction of sp³-hybridized carbons (Fsp3) is 0.533. The number of rotatable bonds is 4. The quantitative estimate of drug-likeness (QED) is 0.892. The van der Waals surface area contributed by atoms with Gasteiger partial charge in [0, 0.05) is 25.2 Å². The van der Waals surface area contributed by atoms with Gasteiger partial charge in [-0.25, -0.2) is 0 Å². The molecule has 6 nitrogen and oxygen atoms in total. The molecule has 0 aliphatic carbocycles. The van der Waals surface area contributed by atoms with Crippen LogP contribution >= 0.6 is 0 Å². The molecule has 0 saturated carbocycles. The van der Waals surface area contributed by atoms with Gasteiger partial charge in [-0.2, -0.15) is 4.80 Å². The first-order valence-corrected chi connectivity index (χ1v) is 7.45. The molecule has 112 valence electrons. The summed E-state index contributed by atoms with van der Waals surface area (Å²) in [6, 6.07) is 11.6. The van der Waals surface area contributed by atoms with Crippen LogP contribution in [0.4, 0.5) is 0 Å². The van der Waals surface area contributed by atoms with Crippen LogP contribution < -0.4 is 5.32 Å². The Morgan fingerprint density at radius 3 is 2.81 bits per heavy atom. The third-order valence-electron chi connectivity index (χ3n) is 3.94. The van der Waals surface area contributed by atoms with Crippen molar-refractivity contribution in [3.05, 3.63) is 41.7 Å². The maximum atomic E-state index is 4.30. The summed E-state index contributed by atoms with van der Waals surface area (Å²) < 4.78 is 0. The minimum absolute atomic E-state index is 0.465. The van der Waals surface area contributed by atoms with E-state index in [1.54, 1.807) is 7.05 Å². The molecule has 2 heterocycles. The zero-order valence-corrected chi connectivity index (χ0v) is 12.6. The molecule has 0 radical (unpaired) electrons. The minimum atomic E-state index is 0.465. The van der Waals surface area contributed by atoms with Gasteiger partial charge < -0.3 is 5.32 Å². The zero-order valence-electron chi connectivity index (χ0n) is 12.6. The maximum absolute atomic E-state index is 4.30. The lowest BCUT2D eigenvalue weighted by Gasteiger charge is -2.38. The lowest BCUT2D eigenvalue weighted by molar-refractivity contribution is 0.123. The van der Waals surface area contributed by atoms with Gasteiger partial charge in [0.05, 0.1) is 13.6 Å². The Bertz CT molecular complexity index is 567. The van der Waals surface area contributed by atoms with Crippen LogP contribution in [0.2, 0.25) is 0 Å².